The van der Waals surface area contributed by atoms with Gasteiger partial charge in [0.25, 0.3) is 11.8 Å². The van der Waals surface area contributed by atoms with Gasteiger partial charge in [-0.2, -0.15) is 5.10 Å². The van der Waals surface area contributed by atoms with Crippen LogP contribution in [0, 0.1) is 5.82 Å². The lowest BCUT2D eigenvalue weighted by molar-refractivity contribution is 0.0681. The Kier molecular flexibility index (Phi) is 5.21. The predicted octanol–water partition coefficient (Wildman–Crippen LogP) is 2.71. The van der Waals surface area contributed by atoms with Crippen molar-refractivity contribution in [2.45, 2.75) is 19.5 Å². The number of hydrogen-bond donors (Lipinski definition) is 1. The molecule has 3 aromatic rings. The second-order valence-electron chi connectivity index (χ2n) is 6.54. The second kappa shape index (κ2) is 7.93. The maximum atomic E-state index is 13.9. The van der Waals surface area contributed by atoms with Gasteiger partial charge in [0, 0.05) is 36.1 Å². The van der Waals surface area contributed by atoms with Crippen molar-refractivity contribution in [3.8, 4) is 0 Å². The Bertz CT molecular complexity index is 1000. The molecule has 4 rings (SSSR count). The van der Waals surface area contributed by atoms with Gasteiger partial charge in [-0.1, -0.05) is 24.3 Å². The molecule has 3 heterocycles. The molecule has 6 nitrogen and oxygen atoms in total. The fourth-order valence-electron chi connectivity index (χ4n) is 3.18. The Morgan fingerprint density at radius 3 is 2.86 bits per heavy atom. The first-order valence-electron chi connectivity index (χ1n) is 9.03. The maximum Gasteiger partial charge on any atom is 0.272 e. The number of halogens is 1. The third kappa shape index (κ3) is 3.82. The molecular weight excluding hydrogens is 379 g/mol. The highest BCUT2D eigenvalue weighted by Crippen LogP contribution is 2.18. The topological polar surface area (TPSA) is 67.2 Å². The summed E-state index contributed by atoms with van der Waals surface area (Å²) in [6, 6.07) is 11.9. The van der Waals surface area contributed by atoms with Gasteiger partial charge >= 0.3 is 0 Å². The van der Waals surface area contributed by atoms with Crippen molar-refractivity contribution < 1.29 is 14.0 Å². The van der Waals surface area contributed by atoms with Crippen LogP contribution in [0.15, 0.2) is 47.8 Å². The SMILES string of the molecule is O=C(NCCc1cccs1)c1cc2n(n1)CCN(Cc1ccccc1F)C2=O. The zero-order valence-corrected chi connectivity index (χ0v) is 15.9. The summed E-state index contributed by atoms with van der Waals surface area (Å²) in [4.78, 5) is 27.9. The summed E-state index contributed by atoms with van der Waals surface area (Å²) in [6.07, 6.45) is 0.756. The van der Waals surface area contributed by atoms with E-state index in [0.717, 1.165) is 6.42 Å². The van der Waals surface area contributed by atoms with Crippen molar-refractivity contribution >= 4 is 23.2 Å². The van der Waals surface area contributed by atoms with E-state index in [-0.39, 0.29) is 29.9 Å². The number of nitrogens with one attached hydrogen (secondary N) is 1. The Morgan fingerprint density at radius 2 is 2.07 bits per heavy atom. The Morgan fingerprint density at radius 1 is 1.21 bits per heavy atom. The molecule has 8 heteroatoms. The summed E-state index contributed by atoms with van der Waals surface area (Å²) in [6.45, 7) is 1.59. The molecule has 0 aliphatic carbocycles. The van der Waals surface area contributed by atoms with Crippen LogP contribution >= 0.6 is 11.3 Å². The number of fused-ring (bicyclic) bond motifs is 1. The third-order valence-electron chi connectivity index (χ3n) is 4.66. The summed E-state index contributed by atoms with van der Waals surface area (Å²) in [7, 11) is 0. The number of aromatic nitrogens is 2. The van der Waals surface area contributed by atoms with Crippen LogP contribution in [0.25, 0.3) is 0 Å². The number of nitrogens with zero attached hydrogens (tertiary/aromatic N) is 3. The van der Waals surface area contributed by atoms with Crippen LogP contribution in [0.1, 0.15) is 31.4 Å². The molecular formula is C20H19FN4O2S. The number of rotatable bonds is 6. The zero-order valence-electron chi connectivity index (χ0n) is 15.1. The molecule has 0 spiro atoms. The van der Waals surface area contributed by atoms with Gasteiger partial charge in [0.05, 0.1) is 6.54 Å². The molecule has 1 aliphatic heterocycles. The van der Waals surface area contributed by atoms with Gasteiger partial charge in [0.1, 0.15) is 11.5 Å². The van der Waals surface area contributed by atoms with Gasteiger partial charge in [-0.05, 0) is 23.9 Å². The standard InChI is InChI=1S/C20H19FN4O2S/c21-16-6-2-1-4-14(16)13-24-9-10-25-18(20(24)27)12-17(23-25)19(26)22-8-7-15-5-3-11-28-15/h1-6,11-12H,7-10,13H2,(H,22,26). The van der Waals surface area contributed by atoms with Crippen LogP contribution in [0.2, 0.25) is 0 Å². The van der Waals surface area contributed by atoms with Gasteiger partial charge < -0.3 is 10.2 Å². The van der Waals surface area contributed by atoms with E-state index in [2.05, 4.69) is 10.4 Å². The predicted molar refractivity (Wildman–Crippen MR) is 104 cm³/mol. The first kappa shape index (κ1) is 18.4. The van der Waals surface area contributed by atoms with E-state index in [0.29, 0.717) is 30.9 Å². The average molecular weight is 398 g/mol. The monoisotopic (exact) mass is 398 g/mol. The summed E-state index contributed by atoms with van der Waals surface area (Å²) in [5.74, 6) is -0.883. The van der Waals surface area contributed by atoms with Crippen LogP contribution in [-0.2, 0) is 19.5 Å². The minimum Gasteiger partial charge on any atom is -0.350 e. The van der Waals surface area contributed by atoms with E-state index in [1.54, 1.807) is 39.1 Å². The zero-order chi connectivity index (χ0) is 19.5. The Balaban J connectivity index is 1.41. The molecule has 0 bridgehead atoms. The Hall–Kier alpha value is -3.00. The normalized spacial score (nSPS) is 13.5. The van der Waals surface area contributed by atoms with E-state index in [4.69, 9.17) is 0 Å². The van der Waals surface area contributed by atoms with Gasteiger partial charge in [-0.3, -0.25) is 14.3 Å². The lowest BCUT2D eigenvalue weighted by Gasteiger charge is -2.27. The van der Waals surface area contributed by atoms with Crippen molar-refractivity contribution in [2.24, 2.45) is 0 Å². The van der Waals surface area contributed by atoms with Gasteiger partial charge in [-0.25, -0.2) is 4.39 Å². The molecule has 144 valence electrons. The smallest absolute Gasteiger partial charge is 0.272 e. The van der Waals surface area contributed by atoms with E-state index >= 15 is 0 Å². The summed E-state index contributed by atoms with van der Waals surface area (Å²) >= 11 is 1.65. The molecule has 1 N–H and O–H groups in total. The average Bonchev–Trinajstić information content (AvgIpc) is 3.35. The van der Waals surface area contributed by atoms with E-state index in [1.807, 2.05) is 17.5 Å². The molecule has 1 aliphatic rings. The van der Waals surface area contributed by atoms with Crippen LogP contribution in [-0.4, -0.2) is 39.6 Å². The minimum absolute atomic E-state index is 0.193. The number of hydrogen-bond acceptors (Lipinski definition) is 4. The number of carbonyl (C=O) groups excluding carboxylic acids is 2. The molecule has 2 aromatic heterocycles. The highest BCUT2D eigenvalue weighted by molar-refractivity contribution is 7.09. The van der Waals surface area contributed by atoms with Crippen LogP contribution in [0.4, 0.5) is 4.39 Å². The lowest BCUT2D eigenvalue weighted by atomic mass is 10.1. The van der Waals surface area contributed by atoms with Crippen LogP contribution < -0.4 is 5.32 Å². The fraction of sp³-hybridized carbons (Fsp3) is 0.250. The molecule has 28 heavy (non-hydrogen) atoms. The van der Waals surface area contributed by atoms with E-state index in [9.17, 15) is 14.0 Å². The lowest BCUT2D eigenvalue weighted by Crippen LogP contribution is -2.40. The summed E-state index contributed by atoms with van der Waals surface area (Å²) in [5.41, 5.74) is 1.05. The van der Waals surface area contributed by atoms with Crippen molar-refractivity contribution in [1.82, 2.24) is 20.0 Å². The van der Waals surface area contributed by atoms with Crippen LogP contribution in [0.5, 0.6) is 0 Å². The first-order chi connectivity index (χ1) is 13.6. The maximum absolute atomic E-state index is 13.9. The molecule has 0 saturated carbocycles. The highest BCUT2D eigenvalue weighted by atomic mass is 32.1. The Labute approximate surface area is 165 Å². The van der Waals surface area contributed by atoms with Gasteiger partial charge in [0.2, 0.25) is 0 Å². The van der Waals surface area contributed by atoms with Gasteiger partial charge in [-0.15, -0.1) is 11.3 Å². The summed E-state index contributed by atoms with van der Waals surface area (Å²) in [5, 5.41) is 9.10. The molecule has 0 radical (unpaired) electrons. The number of carbonyl (C=O) groups is 2. The third-order valence-corrected chi connectivity index (χ3v) is 5.59. The second-order valence-corrected chi connectivity index (χ2v) is 7.57. The van der Waals surface area contributed by atoms with E-state index in [1.165, 1.54) is 17.0 Å². The van der Waals surface area contributed by atoms with Gasteiger partial charge in [0.15, 0.2) is 5.69 Å². The van der Waals surface area contributed by atoms with Crippen LogP contribution in [0.3, 0.4) is 0 Å². The molecule has 0 saturated heterocycles. The molecule has 2 amide bonds. The van der Waals surface area contributed by atoms with Crippen molar-refractivity contribution in [1.29, 1.82) is 0 Å². The fourth-order valence-corrected chi connectivity index (χ4v) is 3.89. The first-order valence-corrected chi connectivity index (χ1v) is 9.91. The quantitative estimate of drug-likeness (QED) is 0.694. The number of thiophene rings is 1. The number of benzene rings is 1. The number of amides is 2. The van der Waals surface area contributed by atoms with Crippen molar-refractivity contribution in [2.75, 3.05) is 13.1 Å². The molecule has 0 fully saturated rings. The van der Waals surface area contributed by atoms with Crippen molar-refractivity contribution in [3.05, 3.63) is 75.5 Å². The molecule has 1 aromatic carbocycles. The minimum atomic E-state index is -0.333. The largest absolute Gasteiger partial charge is 0.350 e. The van der Waals surface area contributed by atoms with Crippen molar-refractivity contribution in [3.63, 3.8) is 0 Å². The molecule has 0 unspecified atom stereocenters. The molecule has 0 atom stereocenters. The summed E-state index contributed by atoms with van der Waals surface area (Å²) < 4.78 is 15.4. The van der Waals surface area contributed by atoms with E-state index < -0.39 is 0 Å². The highest BCUT2D eigenvalue weighted by Gasteiger charge is 2.28.